The van der Waals surface area contributed by atoms with Crippen molar-refractivity contribution in [2.24, 2.45) is 0 Å². The molecule has 2 fully saturated rings. The van der Waals surface area contributed by atoms with E-state index in [0.29, 0.717) is 18.8 Å². The maximum atomic E-state index is 13.3. The Bertz CT molecular complexity index is 761. The van der Waals surface area contributed by atoms with Crippen LogP contribution in [0.2, 0.25) is 0 Å². The van der Waals surface area contributed by atoms with E-state index in [0.717, 1.165) is 44.6 Å². The second-order valence-corrected chi connectivity index (χ2v) is 7.30. The van der Waals surface area contributed by atoms with Gasteiger partial charge in [0.05, 0.1) is 32.4 Å². The molecule has 1 aromatic heterocycles. The summed E-state index contributed by atoms with van der Waals surface area (Å²) in [5.41, 5.74) is 1.07. The third-order valence-corrected chi connectivity index (χ3v) is 5.63. The van der Waals surface area contributed by atoms with Crippen molar-refractivity contribution in [3.05, 3.63) is 60.1 Å². The summed E-state index contributed by atoms with van der Waals surface area (Å²) in [6.45, 7) is 4.49. The number of amides is 2. The summed E-state index contributed by atoms with van der Waals surface area (Å²) in [6, 6.07) is 13.3. The van der Waals surface area contributed by atoms with Gasteiger partial charge in [-0.3, -0.25) is 9.59 Å². The number of piperazine rings is 1. The second-order valence-electron chi connectivity index (χ2n) is 7.30. The summed E-state index contributed by atoms with van der Waals surface area (Å²) in [5.74, 6) is 0.534. The summed E-state index contributed by atoms with van der Waals surface area (Å²) in [5, 5.41) is 0. The number of hydrogen-bond donors (Lipinski definition) is 1. The van der Waals surface area contributed by atoms with Crippen LogP contribution in [0.3, 0.4) is 0 Å². The van der Waals surface area contributed by atoms with E-state index < -0.39 is 0 Å². The molecule has 3 heterocycles. The van der Waals surface area contributed by atoms with Crippen LogP contribution in [-0.4, -0.2) is 60.9 Å². The zero-order chi connectivity index (χ0) is 18.6. The van der Waals surface area contributed by atoms with Crippen molar-refractivity contribution >= 4 is 11.8 Å². The van der Waals surface area contributed by atoms with E-state index in [1.165, 1.54) is 11.2 Å². The molecule has 4 rings (SSSR count). The van der Waals surface area contributed by atoms with Crippen molar-refractivity contribution in [2.45, 2.75) is 18.9 Å². The normalized spacial score (nSPS) is 19.3. The number of furan rings is 1. The van der Waals surface area contributed by atoms with Crippen LogP contribution in [0, 0.1) is 0 Å². The highest BCUT2D eigenvalue weighted by molar-refractivity contribution is 5.91. The maximum absolute atomic E-state index is 13.3. The summed E-state index contributed by atoms with van der Waals surface area (Å²) in [4.78, 5) is 30.8. The number of quaternary nitrogens is 1. The lowest BCUT2D eigenvalue weighted by molar-refractivity contribution is -0.926. The van der Waals surface area contributed by atoms with Crippen molar-refractivity contribution in [3.8, 4) is 0 Å². The van der Waals surface area contributed by atoms with E-state index in [1.54, 1.807) is 12.1 Å². The van der Waals surface area contributed by atoms with Gasteiger partial charge in [-0.05, 0) is 25.0 Å². The van der Waals surface area contributed by atoms with Gasteiger partial charge >= 0.3 is 0 Å². The smallest absolute Gasteiger partial charge is 0.289 e. The lowest BCUT2D eigenvalue weighted by Crippen LogP contribution is -3.16. The van der Waals surface area contributed by atoms with Crippen LogP contribution in [0.1, 0.15) is 35.0 Å². The molecule has 6 nitrogen and oxygen atoms in total. The lowest BCUT2D eigenvalue weighted by Gasteiger charge is -2.37. The summed E-state index contributed by atoms with van der Waals surface area (Å²) in [6.07, 6.45) is 3.71. The van der Waals surface area contributed by atoms with Crippen LogP contribution in [-0.2, 0) is 4.79 Å². The number of carbonyl (C=O) groups excluding carboxylic acids is 2. The first-order valence-corrected chi connectivity index (χ1v) is 9.75. The molecule has 1 aromatic carbocycles. The molecule has 0 spiro atoms. The Balaban J connectivity index is 1.48. The highest BCUT2D eigenvalue weighted by atomic mass is 16.3. The van der Waals surface area contributed by atoms with Gasteiger partial charge in [0.2, 0.25) is 0 Å². The highest BCUT2D eigenvalue weighted by Crippen LogP contribution is 2.17. The number of benzene rings is 1. The van der Waals surface area contributed by atoms with Crippen molar-refractivity contribution in [3.63, 3.8) is 0 Å². The Morgan fingerprint density at radius 3 is 2.22 bits per heavy atom. The van der Waals surface area contributed by atoms with Gasteiger partial charge < -0.3 is 19.1 Å². The molecular weight excluding hydrogens is 342 g/mol. The van der Waals surface area contributed by atoms with Crippen molar-refractivity contribution in [1.82, 2.24) is 9.80 Å². The van der Waals surface area contributed by atoms with Crippen molar-refractivity contribution in [1.29, 1.82) is 0 Å². The Morgan fingerprint density at radius 1 is 0.889 bits per heavy atom. The van der Waals surface area contributed by atoms with Gasteiger partial charge in [0, 0.05) is 18.7 Å². The van der Waals surface area contributed by atoms with Gasteiger partial charge in [-0.25, -0.2) is 0 Å². The quantitative estimate of drug-likeness (QED) is 0.875. The van der Waals surface area contributed by atoms with Crippen molar-refractivity contribution in [2.75, 3.05) is 39.3 Å². The molecule has 2 aromatic rings. The second kappa shape index (κ2) is 7.96. The number of hydrogen-bond acceptors (Lipinski definition) is 3. The van der Waals surface area contributed by atoms with Crippen LogP contribution in [0.4, 0.5) is 0 Å². The van der Waals surface area contributed by atoms with Crippen LogP contribution in [0.15, 0.2) is 53.1 Å². The maximum Gasteiger partial charge on any atom is 0.289 e. The van der Waals surface area contributed by atoms with Gasteiger partial charge in [-0.1, -0.05) is 30.3 Å². The third kappa shape index (κ3) is 3.76. The highest BCUT2D eigenvalue weighted by Gasteiger charge is 2.38. The fourth-order valence-electron chi connectivity index (χ4n) is 4.16. The fraction of sp³-hybridized carbons (Fsp3) is 0.429. The number of rotatable bonds is 4. The van der Waals surface area contributed by atoms with E-state index in [1.807, 2.05) is 40.1 Å². The molecule has 27 heavy (non-hydrogen) atoms. The average Bonchev–Trinajstić information content (AvgIpc) is 3.43. The van der Waals surface area contributed by atoms with E-state index in [2.05, 4.69) is 0 Å². The molecule has 2 aliphatic heterocycles. The van der Waals surface area contributed by atoms with Gasteiger partial charge in [-0.2, -0.15) is 0 Å². The monoisotopic (exact) mass is 368 g/mol. The van der Waals surface area contributed by atoms with Gasteiger partial charge in [0.15, 0.2) is 11.8 Å². The van der Waals surface area contributed by atoms with Crippen LogP contribution in [0.25, 0.3) is 0 Å². The van der Waals surface area contributed by atoms with E-state index in [-0.39, 0.29) is 17.9 Å². The number of nitrogens with one attached hydrogen (secondary N) is 1. The topological polar surface area (TPSA) is 58.2 Å². The van der Waals surface area contributed by atoms with Crippen molar-refractivity contribution < 1.29 is 18.9 Å². The fourth-order valence-corrected chi connectivity index (χ4v) is 4.16. The molecule has 0 bridgehead atoms. The molecule has 142 valence electrons. The van der Waals surface area contributed by atoms with Crippen LogP contribution < -0.4 is 4.90 Å². The first-order valence-electron chi connectivity index (χ1n) is 9.75. The molecule has 6 heteroatoms. The zero-order valence-electron chi connectivity index (χ0n) is 15.5. The third-order valence-electron chi connectivity index (χ3n) is 5.63. The van der Waals surface area contributed by atoms with E-state index in [9.17, 15) is 9.59 Å². The molecule has 1 N–H and O–H groups in total. The Morgan fingerprint density at radius 2 is 1.59 bits per heavy atom. The first kappa shape index (κ1) is 17.8. The molecule has 2 saturated heterocycles. The molecular formula is C21H26N3O3+. The molecule has 0 radical (unpaired) electrons. The predicted octanol–water partition coefficient (Wildman–Crippen LogP) is 0.984. The Hall–Kier alpha value is -2.60. The molecule has 0 unspecified atom stereocenters. The van der Waals surface area contributed by atoms with Crippen LogP contribution in [0.5, 0.6) is 0 Å². The SMILES string of the molecule is O=C(c1ccco1)N1CC[NH+]([C@H](C(=O)N2CCCC2)c2ccccc2)CC1. The van der Waals surface area contributed by atoms with Gasteiger partial charge in [-0.15, -0.1) is 0 Å². The standard InChI is InChI=1S/C21H25N3O3/c25-20(18-9-6-16-27-18)24-14-12-22(13-15-24)19(17-7-2-1-3-8-17)21(26)23-10-4-5-11-23/h1-3,6-9,16,19H,4-5,10-15H2/p+1/t19-/m0/s1. The lowest BCUT2D eigenvalue weighted by atomic mass is 10.0. The zero-order valence-corrected chi connectivity index (χ0v) is 15.5. The van der Waals surface area contributed by atoms with Crippen LogP contribution >= 0.6 is 0 Å². The van der Waals surface area contributed by atoms with E-state index in [4.69, 9.17) is 4.42 Å². The first-order chi connectivity index (χ1) is 13.2. The number of likely N-dealkylation sites (tertiary alicyclic amines) is 1. The largest absolute Gasteiger partial charge is 0.459 e. The summed E-state index contributed by atoms with van der Waals surface area (Å²) >= 11 is 0. The summed E-state index contributed by atoms with van der Waals surface area (Å²) < 4.78 is 5.24. The van der Waals surface area contributed by atoms with Gasteiger partial charge in [0.25, 0.3) is 11.8 Å². The molecule has 2 amide bonds. The molecule has 1 atom stereocenters. The molecule has 0 aliphatic carbocycles. The minimum Gasteiger partial charge on any atom is -0.459 e. The Labute approximate surface area is 159 Å². The minimum absolute atomic E-state index is 0.0684. The Kier molecular flexibility index (Phi) is 5.25. The molecule has 2 aliphatic rings. The average molecular weight is 368 g/mol. The number of carbonyl (C=O) groups is 2. The summed E-state index contributed by atoms with van der Waals surface area (Å²) in [7, 11) is 0. The number of nitrogens with zero attached hydrogens (tertiary/aromatic N) is 2. The minimum atomic E-state index is -0.190. The van der Waals surface area contributed by atoms with Gasteiger partial charge in [0.1, 0.15) is 0 Å². The molecule has 0 saturated carbocycles. The predicted molar refractivity (Wildman–Crippen MR) is 100 cm³/mol. The van der Waals surface area contributed by atoms with E-state index >= 15 is 0 Å².